The summed E-state index contributed by atoms with van der Waals surface area (Å²) in [5, 5.41) is 0. The summed E-state index contributed by atoms with van der Waals surface area (Å²) in [6, 6.07) is 0. The maximum absolute atomic E-state index is 12.0. The largest absolute Gasteiger partial charge is 0.458 e. The normalized spacial score (nSPS) is 17.0. The predicted octanol–water partition coefficient (Wildman–Crippen LogP) is 2.99. The number of carbonyl (C=O) groups excluding carboxylic acids is 2. The number of piperidine rings is 1. The Morgan fingerprint density at radius 3 is 1.96 bits per heavy atom. The highest BCUT2D eigenvalue weighted by Crippen LogP contribution is 2.20. The number of amides is 1. The van der Waals surface area contributed by atoms with Crippen LogP contribution in [0.2, 0.25) is 0 Å². The molecular formula is C17H31NO5. The van der Waals surface area contributed by atoms with Gasteiger partial charge in [0, 0.05) is 13.1 Å². The van der Waals surface area contributed by atoms with E-state index in [2.05, 4.69) is 0 Å². The lowest BCUT2D eigenvalue weighted by Gasteiger charge is -2.33. The topological polar surface area (TPSA) is 65.1 Å². The minimum absolute atomic E-state index is 0.0243. The summed E-state index contributed by atoms with van der Waals surface area (Å²) in [5.41, 5.74) is -0.955. The van der Waals surface area contributed by atoms with Gasteiger partial charge in [0.15, 0.2) is 0 Å². The average molecular weight is 329 g/mol. The van der Waals surface area contributed by atoms with E-state index >= 15 is 0 Å². The summed E-state index contributed by atoms with van der Waals surface area (Å²) < 4.78 is 16.0. The lowest BCUT2D eigenvalue weighted by atomic mass is 9.98. The smallest absolute Gasteiger partial charge is 0.410 e. The van der Waals surface area contributed by atoms with Gasteiger partial charge in [0.2, 0.25) is 0 Å². The van der Waals surface area contributed by atoms with Gasteiger partial charge >= 0.3 is 12.1 Å². The lowest BCUT2D eigenvalue weighted by molar-refractivity contribution is -0.160. The van der Waals surface area contributed by atoms with Gasteiger partial charge < -0.3 is 19.1 Å². The standard InChI is InChI=1S/C17H31NO5/c1-16(2,3)22-14(19)12-21-11-13-7-9-18(10-8-13)15(20)23-17(4,5)6/h13H,7-12H2,1-6H3. The van der Waals surface area contributed by atoms with E-state index in [0.717, 1.165) is 12.8 Å². The zero-order valence-corrected chi connectivity index (χ0v) is 15.3. The maximum Gasteiger partial charge on any atom is 0.410 e. The first kappa shape index (κ1) is 19.7. The molecule has 1 amide bonds. The first-order chi connectivity index (χ1) is 10.5. The van der Waals surface area contributed by atoms with Gasteiger partial charge in [0.1, 0.15) is 17.8 Å². The molecule has 0 aromatic rings. The van der Waals surface area contributed by atoms with Crippen molar-refractivity contribution in [1.29, 1.82) is 0 Å². The second-order valence-corrected chi connectivity index (χ2v) is 8.01. The van der Waals surface area contributed by atoms with Crippen molar-refractivity contribution in [2.45, 2.75) is 65.6 Å². The summed E-state index contributed by atoms with van der Waals surface area (Å²) in [7, 11) is 0. The Bertz CT molecular complexity index is 397. The van der Waals surface area contributed by atoms with Crippen LogP contribution in [0.15, 0.2) is 0 Å². The monoisotopic (exact) mass is 329 g/mol. The summed E-state index contributed by atoms with van der Waals surface area (Å²) in [6.07, 6.45) is 1.45. The van der Waals surface area contributed by atoms with E-state index in [1.54, 1.807) is 4.90 Å². The Hall–Kier alpha value is -1.30. The molecule has 1 aliphatic rings. The Morgan fingerprint density at radius 1 is 0.957 bits per heavy atom. The van der Waals surface area contributed by atoms with Crippen LogP contribution in [0.1, 0.15) is 54.4 Å². The molecule has 0 unspecified atom stereocenters. The van der Waals surface area contributed by atoms with Crippen LogP contribution in [0.4, 0.5) is 4.79 Å². The molecule has 0 spiro atoms. The van der Waals surface area contributed by atoms with Gasteiger partial charge in [-0.3, -0.25) is 0 Å². The second kappa shape index (κ2) is 7.99. The quantitative estimate of drug-likeness (QED) is 0.742. The van der Waals surface area contributed by atoms with E-state index in [1.807, 2.05) is 41.5 Å². The van der Waals surface area contributed by atoms with Gasteiger partial charge in [0.25, 0.3) is 0 Å². The third-order valence-electron chi connectivity index (χ3n) is 3.26. The molecular weight excluding hydrogens is 298 g/mol. The van der Waals surface area contributed by atoms with Crippen LogP contribution in [-0.4, -0.2) is 54.5 Å². The van der Waals surface area contributed by atoms with Crippen LogP contribution in [0.3, 0.4) is 0 Å². The van der Waals surface area contributed by atoms with Crippen molar-refractivity contribution < 1.29 is 23.8 Å². The van der Waals surface area contributed by atoms with Crippen molar-refractivity contribution in [2.75, 3.05) is 26.3 Å². The molecule has 0 saturated carbocycles. The summed E-state index contributed by atoms with van der Waals surface area (Å²) in [6.45, 7) is 12.9. The van der Waals surface area contributed by atoms with Crippen LogP contribution in [-0.2, 0) is 19.0 Å². The number of nitrogens with zero attached hydrogens (tertiary/aromatic N) is 1. The minimum Gasteiger partial charge on any atom is -0.458 e. The summed E-state index contributed by atoms with van der Waals surface area (Å²) in [5.74, 6) is 0.0137. The SMILES string of the molecule is CC(C)(C)OC(=O)COCC1CCN(C(=O)OC(C)(C)C)CC1. The Morgan fingerprint density at radius 2 is 1.48 bits per heavy atom. The number of hydrogen-bond acceptors (Lipinski definition) is 5. The van der Waals surface area contributed by atoms with Crippen LogP contribution >= 0.6 is 0 Å². The molecule has 0 aliphatic carbocycles. The lowest BCUT2D eigenvalue weighted by Crippen LogP contribution is -2.42. The molecule has 1 saturated heterocycles. The number of likely N-dealkylation sites (tertiary alicyclic amines) is 1. The van der Waals surface area contributed by atoms with Crippen LogP contribution < -0.4 is 0 Å². The Labute approximate surface area is 139 Å². The van der Waals surface area contributed by atoms with E-state index in [-0.39, 0.29) is 18.7 Å². The highest BCUT2D eigenvalue weighted by molar-refractivity contribution is 5.71. The van der Waals surface area contributed by atoms with Gasteiger partial charge in [-0.25, -0.2) is 9.59 Å². The van der Waals surface area contributed by atoms with Crippen molar-refractivity contribution in [3.05, 3.63) is 0 Å². The minimum atomic E-state index is -0.487. The van der Waals surface area contributed by atoms with Crippen LogP contribution in [0.25, 0.3) is 0 Å². The molecule has 23 heavy (non-hydrogen) atoms. The number of hydrogen-bond donors (Lipinski definition) is 0. The number of rotatable bonds is 4. The second-order valence-electron chi connectivity index (χ2n) is 8.01. The summed E-state index contributed by atoms with van der Waals surface area (Å²) in [4.78, 5) is 25.3. The van der Waals surface area contributed by atoms with Gasteiger partial charge in [-0.1, -0.05) is 0 Å². The molecule has 1 rings (SSSR count). The van der Waals surface area contributed by atoms with Gasteiger partial charge in [-0.05, 0) is 60.3 Å². The van der Waals surface area contributed by atoms with Crippen molar-refractivity contribution >= 4 is 12.1 Å². The molecule has 0 aromatic carbocycles. The van der Waals surface area contributed by atoms with Crippen LogP contribution in [0, 0.1) is 5.92 Å². The number of carbonyl (C=O) groups is 2. The van der Waals surface area contributed by atoms with E-state index in [1.165, 1.54) is 0 Å². The zero-order valence-electron chi connectivity index (χ0n) is 15.3. The van der Waals surface area contributed by atoms with E-state index in [4.69, 9.17) is 14.2 Å². The van der Waals surface area contributed by atoms with Gasteiger partial charge in [-0.15, -0.1) is 0 Å². The molecule has 1 aliphatic heterocycles. The molecule has 0 radical (unpaired) electrons. The van der Waals surface area contributed by atoms with E-state index in [9.17, 15) is 9.59 Å². The molecule has 1 heterocycles. The molecule has 0 aromatic heterocycles. The molecule has 1 fully saturated rings. The molecule has 0 bridgehead atoms. The molecule has 6 nitrogen and oxygen atoms in total. The highest BCUT2D eigenvalue weighted by atomic mass is 16.6. The molecule has 6 heteroatoms. The maximum atomic E-state index is 12.0. The van der Waals surface area contributed by atoms with Gasteiger partial charge in [-0.2, -0.15) is 0 Å². The van der Waals surface area contributed by atoms with E-state index in [0.29, 0.717) is 25.6 Å². The van der Waals surface area contributed by atoms with Gasteiger partial charge in [0.05, 0.1) is 6.61 Å². The van der Waals surface area contributed by atoms with Crippen LogP contribution in [0.5, 0.6) is 0 Å². The van der Waals surface area contributed by atoms with Crippen molar-refractivity contribution in [3.8, 4) is 0 Å². The Balaban J connectivity index is 2.22. The highest BCUT2D eigenvalue weighted by Gasteiger charge is 2.27. The van der Waals surface area contributed by atoms with Crippen molar-refractivity contribution in [1.82, 2.24) is 4.90 Å². The zero-order chi connectivity index (χ0) is 17.7. The third-order valence-corrected chi connectivity index (χ3v) is 3.26. The molecule has 134 valence electrons. The first-order valence-electron chi connectivity index (χ1n) is 8.24. The Kier molecular flexibility index (Phi) is 6.86. The number of ether oxygens (including phenoxy) is 3. The fourth-order valence-electron chi connectivity index (χ4n) is 2.29. The number of esters is 1. The third kappa shape index (κ3) is 8.79. The fourth-order valence-corrected chi connectivity index (χ4v) is 2.29. The van der Waals surface area contributed by atoms with E-state index < -0.39 is 11.2 Å². The fraction of sp³-hybridized carbons (Fsp3) is 0.882. The summed E-state index contributed by atoms with van der Waals surface area (Å²) >= 11 is 0. The molecule has 0 N–H and O–H groups in total. The predicted molar refractivity (Wildman–Crippen MR) is 87.2 cm³/mol. The molecule has 0 atom stereocenters. The van der Waals surface area contributed by atoms with Crippen molar-refractivity contribution in [3.63, 3.8) is 0 Å². The average Bonchev–Trinajstić information content (AvgIpc) is 2.35. The van der Waals surface area contributed by atoms with Crippen molar-refractivity contribution in [2.24, 2.45) is 5.92 Å². The first-order valence-corrected chi connectivity index (χ1v) is 8.24.